The molecule has 1 aromatic heterocycles. The lowest BCUT2D eigenvalue weighted by Gasteiger charge is -2.14. The number of benzene rings is 3. The fraction of sp³-hybridized carbons (Fsp3) is 0.120. The number of nitrogens with one attached hydrogen (secondary N) is 2. The zero-order valence-electron chi connectivity index (χ0n) is 18.8. The maximum Gasteiger partial charge on any atom is 0.237 e. The molecule has 0 bridgehead atoms. The monoisotopic (exact) mass is 493 g/mol. The van der Waals surface area contributed by atoms with E-state index in [4.69, 9.17) is 0 Å². The van der Waals surface area contributed by atoms with Crippen molar-refractivity contribution in [2.24, 2.45) is 0 Å². The van der Waals surface area contributed by atoms with Crippen LogP contribution in [-0.4, -0.2) is 31.8 Å². The molecule has 178 valence electrons. The van der Waals surface area contributed by atoms with E-state index in [1.54, 1.807) is 60.0 Å². The van der Waals surface area contributed by atoms with Crippen LogP contribution in [0.15, 0.2) is 78.0 Å². The predicted octanol–water partition coefficient (Wildman–Crippen LogP) is 5.29. The first kappa shape index (κ1) is 24.1. The van der Waals surface area contributed by atoms with E-state index in [-0.39, 0.29) is 17.6 Å². The number of hydrogen-bond donors (Lipinski definition) is 2. The van der Waals surface area contributed by atoms with Crippen LogP contribution in [0.4, 0.5) is 20.2 Å². The average Bonchev–Trinajstić information content (AvgIpc) is 3.24. The Morgan fingerprint density at radius 2 is 1.37 bits per heavy atom. The Balaban J connectivity index is 1.57. The van der Waals surface area contributed by atoms with Crippen molar-refractivity contribution in [3.8, 4) is 17.1 Å². The number of nitrogens with zero attached hydrogens (tertiary/aromatic N) is 3. The summed E-state index contributed by atoms with van der Waals surface area (Å²) in [5, 5.41) is 13.9. The average molecular weight is 494 g/mol. The summed E-state index contributed by atoms with van der Waals surface area (Å²) in [5.74, 6) is -0.792. The van der Waals surface area contributed by atoms with Crippen molar-refractivity contribution in [2.45, 2.75) is 24.3 Å². The molecule has 0 fully saturated rings. The highest BCUT2D eigenvalue weighted by Gasteiger charge is 2.22. The minimum atomic E-state index is -0.561. The molecule has 7 nitrogen and oxygen atoms in total. The lowest BCUT2D eigenvalue weighted by molar-refractivity contribution is -0.115. The van der Waals surface area contributed by atoms with Crippen LogP contribution in [0.5, 0.6) is 0 Å². The van der Waals surface area contributed by atoms with Crippen molar-refractivity contribution in [2.75, 3.05) is 10.6 Å². The number of anilines is 2. The van der Waals surface area contributed by atoms with Gasteiger partial charge in [0.05, 0.1) is 5.25 Å². The maximum absolute atomic E-state index is 13.5. The van der Waals surface area contributed by atoms with Gasteiger partial charge in [-0.1, -0.05) is 11.8 Å². The van der Waals surface area contributed by atoms with Gasteiger partial charge in [-0.25, -0.2) is 8.78 Å². The van der Waals surface area contributed by atoms with Gasteiger partial charge >= 0.3 is 0 Å². The van der Waals surface area contributed by atoms with Crippen molar-refractivity contribution < 1.29 is 18.4 Å². The van der Waals surface area contributed by atoms with Crippen molar-refractivity contribution in [1.29, 1.82) is 0 Å². The van der Waals surface area contributed by atoms with Crippen LogP contribution in [0.25, 0.3) is 17.1 Å². The lowest BCUT2D eigenvalue weighted by atomic mass is 10.2. The van der Waals surface area contributed by atoms with Gasteiger partial charge < -0.3 is 10.6 Å². The maximum atomic E-state index is 13.5. The van der Waals surface area contributed by atoms with Crippen LogP contribution >= 0.6 is 11.8 Å². The Kier molecular flexibility index (Phi) is 7.21. The normalized spacial score (nSPS) is 11.7. The van der Waals surface area contributed by atoms with Crippen LogP contribution in [0.2, 0.25) is 0 Å². The van der Waals surface area contributed by atoms with Gasteiger partial charge in [-0.15, -0.1) is 10.2 Å². The number of carbonyl (C=O) groups is 2. The first-order chi connectivity index (χ1) is 16.8. The van der Waals surface area contributed by atoms with Crippen LogP contribution in [-0.2, 0) is 9.59 Å². The third kappa shape index (κ3) is 5.90. The quantitative estimate of drug-likeness (QED) is 0.342. The zero-order chi connectivity index (χ0) is 24.9. The van der Waals surface area contributed by atoms with E-state index in [0.29, 0.717) is 33.6 Å². The molecular weight excluding hydrogens is 472 g/mol. The summed E-state index contributed by atoms with van der Waals surface area (Å²) in [5.41, 5.74) is 2.41. The third-order valence-corrected chi connectivity index (χ3v) is 5.99. The van der Waals surface area contributed by atoms with E-state index in [1.165, 1.54) is 43.0 Å². The molecule has 0 aliphatic heterocycles. The minimum absolute atomic E-state index is 0.183. The molecule has 0 saturated carbocycles. The van der Waals surface area contributed by atoms with Gasteiger partial charge in [0.25, 0.3) is 0 Å². The molecule has 4 rings (SSSR count). The van der Waals surface area contributed by atoms with Crippen LogP contribution in [0.3, 0.4) is 0 Å². The van der Waals surface area contributed by atoms with Crippen LogP contribution in [0.1, 0.15) is 13.8 Å². The van der Waals surface area contributed by atoms with Crippen LogP contribution in [0, 0.1) is 11.6 Å². The van der Waals surface area contributed by atoms with Crippen molar-refractivity contribution in [1.82, 2.24) is 14.8 Å². The first-order valence-electron chi connectivity index (χ1n) is 10.6. The molecule has 0 radical (unpaired) electrons. The summed E-state index contributed by atoms with van der Waals surface area (Å²) >= 11 is 1.18. The molecule has 10 heteroatoms. The Morgan fingerprint density at radius 1 is 0.829 bits per heavy atom. The second kappa shape index (κ2) is 10.5. The first-order valence-corrected chi connectivity index (χ1v) is 11.5. The highest BCUT2D eigenvalue weighted by atomic mass is 32.2. The summed E-state index contributed by atoms with van der Waals surface area (Å²) in [6.07, 6.45) is 0. The van der Waals surface area contributed by atoms with Gasteiger partial charge in [-0.05, 0) is 79.7 Å². The molecule has 0 aliphatic carbocycles. The van der Waals surface area contributed by atoms with E-state index in [9.17, 15) is 18.4 Å². The summed E-state index contributed by atoms with van der Waals surface area (Å²) in [4.78, 5) is 24.0. The van der Waals surface area contributed by atoms with E-state index in [1.807, 2.05) is 0 Å². The number of aromatic nitrogens is 3. The Bertz CT molecular complexity index is 1340. The van der Waals surface area contributed by atoms with E-state index >= 15 is 0 Å². The van der Waals surface area contributed by atoms with E-state index in [0.717, 1.165) is 0 Å². The van der Waals surface area contributed by atoms with Crippen molar-refractivity contribution >= 4 is 35.0 Å². The van der Waals surface area contributed by atoms with Gasteiger partial charge in [0.1, 0.15) is 11.6 Å². The topological polar surface area (TPSA) is 88.9 Å². The minimum Gasteiger partial charge on any atom is -0.326 e. The van der Waals surface area contributed by atoms with Gasteiger partial charge in [-0.3, -0.25) is 14.2 Å². The molecule has 3 aromatic carbocycles. The summed E-state index contributed by atoms with van der Waals surface area (Å²) in [6, 6.07) is 18.3. The molecule has 0 saturated heterocycles. The molecule has 0 spiro atoms. The highest BCUT2D eigenvalue weighted by molar-refractivity contribution is 8.00. The Hall–Kier alpha value is -4.05. The second-order valence-electron chi connectivity index (χ2n) is 7.63. The third-order valence-electron chi connectivity index (χ3n) is 4.94. The predicted molar refractivity (Wildman–Crippen MR) is 131 cm³/mol. The molecule has 2 N–H and O–H groups in total. The van der Waals surface area contributed by atoms with Gasteiger partial charge in [0.15, 0.2) is 11.0 Å². The molecule has 35 heavy (non-hydrogen) atoms. The van der Waals surface area contributed by atoms with E-state index < -0.39 is 11.1 Å². The molecule has 1 heterocycles. The van der Waals surface area contributed by atoms with Gasteiger partial charge in [-0.2, -0.15) is 0 Å². The number of thioether (sulfide) groups is 1. The van der Waals surface area contributed by atoms with Crippen molar-refractivity contribution in [3.05, 3.63) is 84.4 Å². The fourth-order valence-corrected chi connectivity index (χ4v) is 4.12. The van der Waals surface area contributed by atoms with Gasteiger partial charge in [0.2, 0.25) is 11.8 Å². The van der Waals surface area contributed by atoms with Gasteiger partial charge in [0, 0.05) is 29.5 Å². The standard InChI is InChI=1S/C25H21F2N5O2S/c1-15(24(34)29-21-11-9-20(10-12-21)28-16(2)33)35-25-31-30-23(17-3-5-18(26)6-4-17)32(25)22-13-7-19(27)8-14-22/h3-15H,1-2H3,(H,28,33)(H,29,34). The number of carbonyl (C=O) groups excluding carboxylic acids is 2. The molecule has 1 atom stereocenters. The lowest BCUT2D eigenvalue weighted by Crippen LogP contribution is -2.23. The second-order valence-corrected chi connectivity index (χ2v) is 8.94. The highest BCUT2D eigenvalue weighted by Crippen LogP contribution is 2.31. The fourth-order valence-electron chi connectivity index (χ4n) is 3.25. The molecule has 4 aromatic rings. The summed E-state index contributed by atoms with van der Waals surface area (Å²) in [7, 11) is 0. The largest absolute Gasteiger partial charge is 0.326 e. The Labute approximate surface area is 204 Å². The van der Waals surface area contributed by atoms with E-state index in [2.05, 4.69) is 20.8 Å². The number of rotatable bonds is 7. The molecule has 1 unspecified atom stereocenters. The SMILES string of the molecule is CC(=O)Nc1ccc(NC(=O)C(C)Sc2nnc(-c3ccc(F)cc3)n2-c2ccc(F)cc2)cc1. The number of amides is 2. The molecular formula is C25H21F2N5O2S. The smallest absolute Gasteiger partial charge is 0.237 e. The zero-order valence-corrected chi connectivity index (χ0v) is 19.6. The number of hydrogen-bond acceptors (Lipinski definition) is 5. The molecule has 0 aliphatic rings. The Morgan fingerprint density at radius 3 is 1.94 bits per heavy atom. The number of halogens is 2. The summed E-state index contributed by atoms with van der Waals surface area (Å²) in [6.45, 7) is 3.15. The van der Waals surface area contributed by atoms with Crippen LogP contribution < -0.4 is 10.6 Å². The van der Waals surface area contributed by atoms with Crippen molar-refractivity contribution in [3.63, 3.8) is 0 Å². The summed E-state index contributed by atoms with van der Waals surface area (Å²) < 4.78 is 28.7. The molecule has 2 amide bonds.